The maximum absolute atomic E-state index is 11.7. The molecule has 0 unspecified atom stereocenters. The van der Waals surface area contributed by atoms with E-state index in [0.717, 1.165) is 11.3 Å². The minimum Gasteiger partial charge on any atom is -0.496 e. The Balaban J connectivity index is 1.80. The molecule has 1 N–H and O–H groups in total. The molecule has 0 aliphatic carbocycles. The van der Waals surface area contributed by atoms with Crippen LogP contribution in [-0.4, -0.2) is 22.8 Å². The lowest BCUT2D eigenvalue weighted by molar-refractivity contribution is -0.121. The number of aryl methyl sites for hydroxylation is 1. The van der Waals surface area contributed by atoms with Crippen molar-refractivity contribution in [3.63, 3.8) is 0 Å². The number of nitrogens with one attached hydrogen (secondary N) is 1. The lowest BCUT2D eigenvalue weighted by Crippen LogP contribution is -2.24. The van der Waals surface area contributed by atoms with Gasteiger partial charge >= 0.3 is 0 Å². The van der Waals surface area contributed by atoms with Crippen LogP contribution in [0.25, 0.3) is 0 Å². The minimum absolute atomic E-state index is 0.00130. The third kappa shape index (κ3) is 3.84. The van der Waals surface area contributed by atoms with Gasteiger partial charge in [0.1, 0.15) is 5.75 Å². The first kappa shape index (κ1) is 13.1. The zero-order valence-corrected chi connectivity index (χ0v) is 10.9. The molecule has 19 heavy (non-hydrogen) atoms. The summed E-state index contributed by atoms with van der Waals surface area (Å²) in [4.78, 5) is 11.7. The average Bonchev–Trinajstić information content (AvgIpc) is 2.96. The fourth-order valence-electron chi connectivity index (χ4n) is 1.78. The Bertz CT molecular complexity index is 523. The average molecular weight is 259 g/mol. The van der Waals surface area contributed by atoms with Crippen LogP contribution < -0.4 is 10.1 Å². The number of rotatable bonds is 6. The van der Waals surface area contributed by atoms with Gasteiger partial charge in [0.15, 0.2) is 0 Å². The van der Waals surface area contributed by atoms with Gasteiger partial charge in [-0.2, -0.15) is 5.10 Å². The fraction of sp³-hybridized carbons (Fsp3) is 0.286. The number of nitrogens with zero attached hydrogens (tertiary/aromatic N) is 2. The summed E-state index contributed by atoms with van der Waals surface area (Å²) >= 11 is 0. The summed E-state index contributed by atoms with van der Waals surface area (Å²) in [6.45, 7) is 1.06. The number of ether oxygens (including phenoxy) is 1. The van der Waals surface area contributed by atoms with Crippen molar-refractivity contribution in [2.24, 2.45) is 0 Å². The second-order valence-electron chi connectivity index (χ2n) is 4.11. The van der Waals surface area contributed by atoms with Crippen molar-refractivity contribution in [1.29, 1.82) is 0 Å². The third-order valence-electron chi connectivity index (χ3n) is 2.80. The van der Waals surface area contributed by atoms with E-state index in [0.29, 0.717) is 19.5 Å². The molecule has 0 aliphatic rings. The van der Waals surface area contributed by atoms with E-state index in [-0.39, 0.29) is 5.91 Å². The Labute approximate surface area is 112 Å². The number of carbonyl (C=O) groups excluding carboxylic acids is 1. The number of amides is 1. The Kier molecular flexibility index (Phi) is 4.55. The number of para-hydroxylation sites is 1. The van der Waals surface area contributed by atoms with Gasteiger partial charge in [-0.25, -0.2) is 0 Å². The van der Waals surface area contributed by atoms with Crippen molar-refractivity contribution in [2.75, 3.05) is 7.11 Å². The molecule has 1 heterocycles. The number of hydrogen-bond acceptors (Lipinski definition) is 3. The van der Waals surface area contributed by atoms with Gasteiger partial charge < -0.3 is 10.1 Å². The van der Waals surface area contributed by atoms with Gasteiger partial charge in [0.25, 0.3) is 0 Å². The molecule has 5 nitrogen and oxygen atoms in total. The molecule has 1 aromatic carbocycles. The summed E-state index contributed by atoms with van der Waals surface area (Å²) in [6.07, 6.45) is 3.96. The smallest absolute Gasteiger partial charge is 0.222 e. The van der Waals surface area contributed by atoms with Gasteiger partial charge in [0.2, 0.25) is 5.91 Å². The SMILES string of the molecule is COc1ccccc1CNC(=O)CCn1cccn1. The molecular weight excluding hydrogens is 242 g/mol. The first-order valence-corrected chi connectivity index (χ1v) is 6.15. The van der Waals surface area contributed by atoms with E-state index in [1.165, 1.54) is 0 Å². The van der Waals surface area contributed by atoms with E-state index in [4.69, 9.17) is 4.74 Å². The standard InChI is InChI=1S/C14H17N3O2/c1-19-13-6-3-2-5-12(13)11-15-14(18)7-10-17-9-4-8-16-17/h2-6,8-9H,7,10-11H2,1H3,(H,15,18). The topological polar surface area (TPSA) is 56.1 Å². The van der Waals surface area contributed by atoms with Crippen LogP contribution in [0.2, 0.25) is 0 Å². The van der Waals surface area contributed by atoms with Crippen LogP contribution in [0.4, 0.5) is 0 Å². The summed E-state index contributed by atoms with van der Waals surface area (Å²) in [6, 6.07) is 9.49. The van der Waals surface area contributed by atoms with E-state index in [1.807, 2.05) is 36.5 Å². The molecule has 5 heteroatoms. The van der Waals surface area contributed by atoms with Crippen LogP contribution in [-0.2, 0) is 17.9 Å². The van der Waals surface area contributed by atoms with Crippen molar-refractivity contribution in [3.8, 4) is 5.75 Å². The van der Waals surface area contributed by atoms with Crippen LogP contribution in [0.3, 0.4) is 0 Å². The maximum atomic E-state index is 11.7. The van der Waals surface area contributed by atoms with E-state index >= 15 is 0 Å². The van der Waals surface area contributed by atoms with Gasteiger partial charge in [0, 0.05) is 37.5 Å². The summed E-state index contributed by atoms with van der Waals surface area (Å²) in [5.41, 5.74) is 0.970. The van der Waals surface area contributed by atoms with Gasteiger partial charge in [-0.15, -0.1) is 0 Å². The molecule has 0 bridgehead atoms. The number of hydrogen-bond donors (Lipinski definition) is 1. The molecule has 1 aromatic heterocycles. The van der Waals surface area contributed by atoms with E-state index in [2.05, 4.69) is 10.4 Å². The largest absolute Gasteiger partial charge is 0.496 e. The predicted molar refractivity (Wildman–Crippen MR) is 71.7 cm³/mol. The summed E-state index contributed by atoms with van der Waals surface area (Å²) < 4.78 is 6.97. The van der Waals surface area contributed by atoms with E-state index in [9.17, 15) is 4.79 Å². The molecule has 100 valence electrons. The fourth-order valence-corrected chi connectivity index (χ4v) is 1.78. The summed E-state index contributed by atoms with van der Waals surface area (Å²) in [5.74, 6) is 0.788. The van der Waals surface area contributed by atoms with Crippen molar-refractivity contribution in [3.05, 3.63) is 48.3 Å². The molecule has 0 fully saturated rings. The Hall–Kier alpha value is -2.30. The quantitative estimate of drug-likeness (QED) is 0.857. The molecule has 0 saturated heterocycles. The van der Waals surface area contributed by atoms with Crippen LogP contribution in [0.1, 0.15) is 12.0 Å². The molecule has 0 saturated carbocycles. The molecular formula is C14H17N3O2. The number of benzene rings is 1. The van der Waals surface area contributed by atoms with Gasteiger partial charge in [0.05, 0.1) is 7.11 Å². The third-order valence-corrected chi connectivity index (χ3v) is 2.80. The van der Waals surface area contributed by atoms with Gasteiger partial charge in [-0.3, -0.25) is 9.48 Å². The molecule has 2 rings (SSSR count). The predicted octanol–water partition coefficient (Wildman–Crippen LogP) is 1.60. The van der Waals surface area contributed by atoms with Crippen LogP contribution >= 0.6 is 0 Å². The van der Waals surface area contributed by atoms with Crippen LogP contribution in [0.5, 0.6) is 5.75 Å². The number of carbonyl (C=O) groups is 1. The van der Waals surface area contributed by atoms with Crippen LogP contribution in [0.15, 0.2) is 42.7 Å². The number of aromatic nitrogens is 2. The Morgan fingerprint density at radius 2 is 2.21 bits per heavy atom. The van der Waals surface area contributed by atoms with Crippen LogP contribution in [0, 0.1) is 0 Å². The molecule has 0 radical (unpaired) electrons. The molecule has 0 spiro atoms. The highest BCUT2D eigenvalue weighted by Gasteiger charge is 2.05. The highest BCUT2D eigenvalue weighted by molar-refractivity contribution is 5.75. The first-order valence-electron chi connectivity index (χ1n) is 6.15. The molecule has 0 atom stereocenters. The zero-order valence-electron chi connectivity index (χ0n) is 10.9. The molecule has 1 amide bonds. The zero-order chi connectivity index (χ0) is 13.5. The van der Waals surface area contributed by atoms with Gasteiger partial charge in [-0.05, 0) is 12.1 Å². The molecule has 0 aliphatic heterocycles. The van der Waals surface area contributed by atoms with Crippen molar-refractivity contribution in [2.45, 2.75) is 19.5 Å². The van der Waals surface area contributed by atoms with E-state index < -0.39 is 0 Å². The normalized spacial score (nSPS) is 10.2. The first-order chi connectivity index (χ1) is 9.29. The maximum Gasteiger partial charge on any atom is 0.222 e. The lowest BCUT2D eigenvalue weighted by Gasteiger charge is -2.09. The monoisotopic (exact) mass is 259 g/mol. The Morgan fingerprint density at radius 3 is 2.95 bits per heavy atom. The second kappa shape index (κ2) is 6.58. The summed E-state index contributed by atoms with van der Waals surface area (Å²) in [5, 5.41) is 6.93. The lowest BCUT2D eigenvalue weighted by atomic mass is 10.2. The van der Waals surface area contributed by atoms with Crippen molar-refractivity contribution >= 4 is 5.91 Å². The highest BCUT2D eigenvalue weighted by Crippen LogP contribution is 2.16. The summed E-state index contributed by atoms with van der Waals surface area (Å²) in [7, 11) is 1.62. The molecule has 2 aromatic rings. The highest BCUT2D eigenvalue weighted by atomic mass is 16.5. The Morgan fingerprint density at radius 1 is 1.37 bits per heavy atom. The second-order valence-corrected chi connectivity index (χ2v) is 4.11. The number of methoxy groups -OCH3 is 1. The minimum atomic E-state index is 0.00130. The van der Waals surface area contributed by atoms with E-state index in [1.54, 1.807) is 18.0 Å². The van der Waals surface area contributed by atoms with Gasteiger partial charge in [-0.1, -0.05) is 18.2 Å². The van der Waals surface area contributed by atoms with Crippen molar-refractivity contribution < 1.29 is 9.53 Å². The van der Waals surface area contributed by atoms with Crippen molar-refractivity contribution in [1.82, 2.24) is 15.1 Å².